The summed E-state index contributed by atoms with van der Waals surface area (Å²) in [5, 5.41) is 13.5. The number of phenolic OH excluding ortho intramolecular Hbond substituents is 1. The maximum atomic E-state index is 13.0. The largest absolute Gasteiger partial charge is 0.507 e. The molecule has 25 heavy (non-hydrogen) atoms. The summed E-state index contributed by atoms with van der Waals surface area (Å²) < 4.78 is 5.96. The third-order valence-electron chi connectivity index (χ3n) is 5.52. The second-order valence-electron chi connectivity index (χ2n) is 7.08. The number of phenols is 1. The normalized spacial score (nSPS) is 14.0. The van der Waals surface area contributed by atoms with Crippen molar-refractivity contribution in [3.8, 4) is 11.5 Å². The van der Waals surface area contributed by atoms with Gasteiger partial charge in [0.1, 0.15) is 11.5 Å². The molecule has 3 heteroatoms. The molecule has 0 fully saturated rings. The predicted molar refractivity (Wildman–Crippen MR) is 102 cm³/mol. The molecule has 0 aliphatic heterocycles. The van der Waals surface area contributed by atoms with Crippen LogP contribution in [0, 0.1) is 11.3 Å². The molecule has 1 N–H and O–H groups in total. The number of ether oxygens (including phenoxy) is 1. The van der Waals surface area contributed by atoms with Gasteiger partial charge in [-0.3, -0.25) is 4.79 Å². The highest BCUT2D eigenvalue weighted by Gasteiger charge is 2.37. The topological polar surface area (TPSA) is 46.5 Å². The van der Waals surface area contributed by atoms with Gasteiger partial charge in [0.25, 0.3) is 0 Å². The molecule has 130 valence electrons. The summed E-state index contributed by atoms with van der Waals surface area (Å²) in [5.41, 5.74) is -0.555. The minimum Gasteiger partial charge on any atom is -0.507 e. The van der Waals surface area contributed by atoms with Crippen LogP contribution in [0.15, 0.2) is 48.5 Å². The van der Waals surface area contributed by atoms with E-state index in [0.717, 1.165) is 10.8 Å². The summed E-state index contributed by atoms with van der Waals surface area (Å²) in [6.07, 6.45) is 0.706. The maximum absolute atomic E-state index is 13.0. The quantitative estimate of drug-likeness (QED) is 0.379. The fraction of sp³-hybridized carbons (Fsp3) is 0.318. The molecule has 0 saturated heterocycles. The van der Waals surface area contributed by atoms with Crippen LogP contribution in [-0.4, -0.2) is 11.1 Å². The van der Waals surface area contributed by atoms with Crippen LogP contribution in [0.2, 0.25) is 0 Å². The molecular weight excluding hydrogens is 312 g/mol. The molecular formula is C22H24O3. The third-order valence-corrected chi connectivity index (χ3v) is 5.52. The van der Waals surface area contributed by atoms with E-state index in [4.69, 9.17) is 4.74 Å². The average Bonchev–Trinajstić information content (AvgIpc) is 2.64. The SMILES string of the molecule is CCC(C)(C(=O)Oc1c2ccccc2c(O)c2ccccc12)C(C)C. The lowest BCUT2D eigenvalue weighted by Gasteiger charge is -2.30. The van der Waals surface area contributed by atoms with Gasteiger partial charge in [0.2, 0.25) is 0 Å². The zero-order chi connectivity index (χ0) is 18.2. The second-order valence-corrected chi connectivity index (χ2v) is 7.08. The van der Waals surface area contributed by atoms with E-state index in [0.29, 0.717) is 22.9 Å². The summed E-state index contributed by atoms with van der Waals surface area (Å²) in [6, 6.07) is 14.9. The predicted octanol–water partition coefficient (Wildman–Crippen LogP) is 5.68. The highest BCUT2D eigenvalue weighted by molar-refractivity contribution is 6.11. The van der Waals surface area contributed by atoms with Crippen LogP contribution in [0.5, 0.6) is 11.5 Å². The van der Waals surface area contributed by atoms with Crippen molar-refractivity contribution in [2.75, 3.05) is 0 Å². The molecule has 0 bridgehead atoms. The van der Waals surface area contributed by atoms with Crippen molar-refractivity contribution in [2.24, 2.45) is 11.3 Å². The van der Waals surface area contributed by atoms with E-state index < -0.39 is 5.41 Å². The van der Waals surface area contributed by atoms with Gasteiger partial charge in [0.15, 0.2) is 0 Å². The van der Waals surface area contributed by atoms with Crippen LogP contribution in [0.25, 0.3) is 21.5 Å². The molecule has 0 saturated carbocycles. The number of rotatable bonds is 4. The molecule has 0 spiro atoms. The van der Waals surface area contributed by atoms with Crippen molar-refractivity contribution in [1.82, 2.24) is 0 Å². The Kier molecular flexibility index (Phi) is 4.42. The smallest absolute Gasteiger partial charge is 0.317 e. The molecule has 1 unspecified atom stereocenters. The molecule has 0 amide bonds. The van der Waals surface area contributed by atoms with Crippen molar-refractivity contribution in [2.45, 2.75) is 34.1 Å². The molecule has 0 aliphatic rings. The van der Waals surface area contributed by atoms with Gasteiger partial charge in [0, 0.05) is 21.5 Å². The fourth-order valence-electron chi connectivity index (χ4n) is 3.17. The lowest BCUT2D eigenvalue weighted by Crippen LogP contribution is -2.36. The first-order valence-corrected chi connectivity index (χ1v) is 8.74. The van der Waals surface area contributed by atoms with Crippen molar-refractivity contribution < 1.29 is 14.6 Å². The van der Waals surface area contributed by atoms with Crippen molar-refractivity contribution in [1.29, 1.82) is 0 Å². The van der Waals surface area contributed by atoms with E-state index in [1.807, 2.05) is 76.2 Å². The molecule has 3 rings (SSSR count). The number of fused-ring (bicyclic) bond motifs is 2. The summed E-state index contributed by atoms with van der Waals surface area (Å²) in [4.78, 5) is 13.0. The third kappa shape index (κ3) is 2.74. The lowest BCUT2D eigenvalue weighted by molar-refractivity contribution is -0.147. The van der Waals surface area contributed by atoms with Crippen molar-refractivity contribution in [3.05, 3.63) is 48.5 Å². The Hall–Kier alpha value is -2.55. The Bertz CT molecular complexity index is 886. The molecule has 0 aliphatic carbocycles. The van der Waals surface area contributed by atoms with Gasteiger partial charge in [0.05, 0.1) is 5.41 Å². The first-order chi connectivity index (χ1) is 11.9. The molecule has 0 aromatic heterocycles. The monoisotopic (exact) mass is 336 g/mol. The molecule has 1 atom stereocenters. The minimum atomic E-state index is -0.555. The van der Waals surface area contributed by atoms with E-state index in [2.05, 4.69) is 0 Å². The standard InChI is InChI=1S/C22H24O3/c1-5-22(4,14(2)3)21(24)25-20-17-12-8-6-10-15(17)19(23)16-11-7-9-13-18(16)20/h6-14,23H,5H2,1-4H3. The molecule has 0 radical (unpaired) electrons. The molecule has 3 nitrogen and oxygen atoms in total. The second kappa shape index (κ2) is 6.40. The van der Waals surface area contributed by atoms with Gasteiger partial charge < -0.3 is 9.84 Å². The van der Waals surface area contributed by atoms with Crippen LogP contribution in [0.3, 0.4) is 0 Å². The molecule has 3 aromatic rings. The highest BCUT2D eigenvalue weighted by atomic mass is 16.5. The highest BCUT2D eigenvalue weighted by Crippen LogP contribution is 2.43. The van der Waals surface area contributed by atoms with E-state index in [9.17, 15) is 9.90 Å². The fourth-order valence-corrected chi connectivity index (χ4v) is 3.17. The van der Waals surface area contributed by atoms with Gasteiger partial charge in [-0.1, -0.05) is 69.3 Å². The molecule has 3 aromatic carbocycles. The van der Waals surface area contributed by atoms with Gasteiger partial charge >= 0.3 is 5.97 Å². The number of benzene rings is 3. The summed E-state index contributed by atoms with van der Waals surface area (Å²) in [7, 11) is 0. The Morgan fingerprint density at radius 3 is 1.84 bits per heavy atom. The number of esters is 1. The summed E-state index contributed by atoms with van der Waals surface area (Å²) in [5.74, 6) is 0.674. The van der Waals surface area contributed by atoms with Gasteiger partial charge in [-0.2, -0.15) is 0 Å². The van der Waals surface area contributed by atoms with Crippen LogP contribution < -0.4 is 4.74 Å². The Morgan fingerprint density at radius 1 is 1.00 bits per heavy atom. The van der Waals surface area contributed by atoms with Gasteiger partial charge in [-0.15, -0.1) is 0 Å². The Labute approximate surface area is 148 Å². The lowest BCUT2D eigenvalue weighted by atomic mass is 9.77. The maximum Gasteiger partial charge on any atom is 0.317 e. The van der Waals surface area contributed by atoms with Crippen LogP contribution in [-0.2, 0) is 4.79 Å². The Balaban J connectivity index is 2.24. The van der Waals surface area contributed by atoms with Crippen LogP contribution >= 0.6 is 0 Å². The van der Waals surface area contributed by atoms with E-state index in [1.54, 1.807) is 0 Å². The Morgan fingerprint density at radius 2 is 1.44 bits per heavy atom. The molecule has 0 heterocycles. The number of carbonyl (C=O) groups is 1. The van der Waals surface area contributed by atoms with E-state index >= 15 is 0 Å². The first-order valence-electron chi connectivity index (χ1n) is 8.74. The average molecular weight is 336 g/mol. The van der Waals surface area contributed by atoms with Crippen LogP contribution in [0.4, 0.5) is 0 Å². The van der Waals surface area contributed by atoms with E-state index in [-0.39, 0.29) is 17.6 Å². The summed E-state index contributed by atoms with van der Waals surface area (Å²) in [6.45, 7) is 8.04. The number of aromatic hydroxyl groups is 1. The van der Waals surface area contributed by atoms with Crippen molar-refractivity contribution >= 4 is 27.5 Å². The summed E-state index contributed by atoms with van der Waals surface area (Å²) >= 11 is 0. The number of hydrogen-bond acceptors (Lipinski definition) is 3. The zero-order valence-electron chi connectivity index (χ0n) is 15.2. The zero-order valence-corrected chi connectivity index (χ0v) is 15.2. The minimum absolute atomic E-state index is 0.166. The number of carbonyl (C=O) groups excluding carboxylic acids is 1. The van der Waals surface area contributed by atoms with Crippen molar-refractivity contribution in [3.63, 3.8) is 0 Å². The van der Waals surface area contributed by atoms with Crippen LogP contribution in [0.1, 0.15) is 34.1 Å². The van der Waals surface area contributed by atoms with E-state index in [1.165, 1.54) is 0 Å². The van der Waals surface area contributed by atoms with Gasteiger partial charge in [-0.25, -0.2) is 0 Å². The first kappa shape index (κ1) is 17.3. The van der Waals surface area contributed by atoms with Gasteiger partial charge in [-0.05, 0) is 19.3 Å². The number of hydrogen-bond donors (Lipinski definition) is 1.